The number of nitrogens with zero attached hydrogens (tertiary/aromatic N) is 6. The maximum atomic E-state index is 12.8. The smallest absolute Gasteiger partial charge is 0.187 e. The van der Waals surface area contributed by atoms with Gasteiger partial charge in [0.2, 0.25) is 0 Å². The molecule has 0 bridgehead atoms. The first-order chi connectivity index (χ1) is 14.2. The number of aromatic nitrogens is 6. The summed E-state index contributed by atoms with van der Waals surface area (Å²) in [4.78, 5) is 22.9. The maximum absolute atomic E-state index is 12.8. The topological polar surface area (TPSA) is 77.3 Å². The van der Waals surface area contributed by atoms with Crippen LogP contribution >= 0.6 is 23.4 Å². The number of allylic oxidation sites excluding steroid dienone is 2. The van der Waals surface area contributed by atoms with E-state index in [4.69, 9.17) is 11.6 Å². The first-order valence-corrected chi connectivity index (χ1v) is 10.2. The first-order valence-electron chi connectivity index (χ1n) is 8.95. The average Bonchev–Trinajstić information content (AvgIpc) is 2.75. The summed E-state index contributed by atoms with van der Waals surface area (Å²) in [5.41, 5.74) is 0.949. The fourth-order valence-electron chi connectivity index (χ4n) is 2.01. The molecular weight excluding hydrogens is 454 g/mol. The summed E-state index contributed by atoms with van der Waals surface area (Å²) in [5, 5.41) is 0.547. The zero-order valence-corrected chi connectivity index (χ0v) is 18.5. The van der Waals surface area contributed by atoms with Gasteiger partial charge in [0.25, 0.3) is 0 Å². The zero-order chi connectivity index (χ0) is 22.1. The van der Waals surface area contributed by atoms with E-state index in [1.54, 1.807) is 25.4 Å². The van der Waals surface area contributed by atoms with E-state index in [-0.39, 0.29) is 20.1 Å². The molecule has 0 spiro atoms. The summed E-state index contributed by atoms with van der Waals surface area (Å²) >= 11 is 7.91. The van der Waals surface area contributed by atoms with Crippen LogP contribution in [0.3, 0.4) is 0 Å². The molecule has 2 atom stereocenters. The van der Waals surface area contributed by atoms with Gasteiger partial charge in [-0.3, -0.25) is 0 Å². The van der Waals surface area contributed by atoms with Crippen LogP contribution in [0.15, 0.2) is 54.5 Å². The second-order valence-corrected chi connectivity index (χ2v) is 8.38. The highest BCUT2D eigenvalue weighted by Crippen LogP contribution is 2.38. The standard InChI is InChI=1S/C12H12ClFN4S.C8H9FN2.2CH4/c1-8(19-11-15-4-3-5-16-11)12(2,13)10-17-6-9(14)7-18-10;1-3-6(2)8-10-4-7(9)5-11-8;;/h3-8H,1-2H3;3-5H,1-2H3;2*1H4/b;6-3+;;. The molecule has 174 valence electrons. The molecule has 0 saturated heterocycles. The van der Waals surface area contributed by atoms with Crippen LogP contribution < -0.4 is 0 Å². The van der Waals surface area contributed by atoms with Crippen molar-refractivity contribution in [1.82, 2.24) is 29.9 Å². The average molecular weight is 483 g/mol. The molecule has 3 aromatic rings. The molecule has 3 rings (SSSR count). The molecule has 0 amide bonds. The molecule has 0 radical (unpaired) electrons. The molecule has 2 unspecified atom stereocenters. The van der Waals surface area contributed by atoms with Crippen molar-refractivity contribution in [1.29, 1.82) is 0 Å². The molecule has 3 aromatic heterocycles. The highest BCUT2D eigenvalue weighted by molar-refractivity contribution is 7.99. The Labute approximate surface area is 198 Å². The maximum Gasteiger partial charge on any atom is 0.187 e. The number of halogens is 3. The van der Waals surface area contributed by atoms with E-state index in [2.05, 4.69) is 29.9 Å². The Bertz CT molecular complexity index is 954. The van der Waals surface area contributed by atoms with Gasteiger partial charge in [-0.05, 0) is 32.4 Å². The van der Waals surface area contributed by atoms with Crippen LogP contribution in [-0.4, -0.2) is 35.2 Å². The third-order valence-corrected chi connectivity index (χ3v) is 5.92. The Kier molecular flexibility index (Phi) is 12.7. The molecule has 0 aromatic carbocycles. The quantitative estimate of drug-likeness (QED) is 0.238. The zero-order valence-electron chi connectivity index (χ0n) is 16.9. The lowest BCUT2D eigenvalue weighted by molar-refractivity contribution is 0.577. The molecule has 0 N–H and O–H groups in total. The van der Waals surface area contributed by atoms with Crippen LogP contribution in [0.25, 0.3) is 5.57 Å². The van der Waals surface area contributed by atoms with Crippen molar-refractivity contribution in [2.75, 3.05) is 0 Å². The number of rotatable bonds is 5. The number of thioether (sulfide) groups is 1. The summed E-state index contributed by atoms with van der Waals surface area (Å²) in [6.07, 6.45) is 9.76. The fraction of sp³-hybridized carbons (Fsp3) is 0.364. The van der Waals surface area contributed by atoms with Crippen molar-refractivity contribution < 1.29 is 8.78 Å². The van der Waals surface area contributed by atoms with Crippen LogP contribution in [0, 0.1) is 11.6 Å². The van der Waals surface area contributed by atoms with E-state index in [1.165, 1.54) is 11.8 Å². The van der Waals surface area contributed by atoms with Gasteiger partial charge in [-0.15, -0.1) is 11.6 Å². The normalized spacial score (nSPS) is 13.4. The predicted octanol–water partition coefficient (Wildman–Crippen LogP) is 6.35. The SMILES string of the molecule is C.C.C/C=C(\C)c1ncc(F)cn1.CC(Sc1ncccn1)C(C)(Cl)c1ncc(F)cn1. The summed E-state index contributed by atoms with van der Waals surface area (Å²) < 4.78 is 25.1. The van der Waals surface area contributed by atoms with Crippen LogP contribution in [0.4, 0.5) is 8.78 Å². The molecule has 3 heterocycles. The van der Waals surface area contributed by atoms with Gasteiger partial charge in [0, 0.05) is 17.6 Å². The molecule has 0 aliphatic rings. The molecule has 10 heteroatoms. The van der Waals surface area contributed by atoms with Gasteiger partial charge in [-0.1, -0.05) is 39.6 Å². The first kappa shape index (κ1) is 29.5. The Morgan fingerprint density at radius 1 is 0.969 bits per heavy atom. The highest BCUT2D eigenvalue weighted by atomic mass is 35.5. The van der Waals surface area contributed by atoms with Crippen molar-refractivity contribution >= 4 is 28.9 Å². The van der Waals surface area contributed by atoms with E-state index < -0.39 is 16.5 Å². The van der Waals surface area contributed by atoms with Gasteiger partial charge in [0.05, 0.1) is 24.8 Å². The number of hydrogen-bond acceptors (Lipinski definition) is 7. The molecule has 0 aliphatic heterocycles. The monoisotopic (exact) mass is 482 g/mol. The van der Waals surface area contributed by atoms with E-state index in [0.29, 0.717) is 16.8 Å². The van der Waals surface area contributed by atoms with Crippen LogP contribution in [0.1, 0.15) is 54.2 Å². The minimum absolute atomic E-state index is 0. The minimum Gasteiger partial charge on any atom is -0.236 e. The van der Waals surface area contributed by atoms with Gasteiger partial charge in [0.15, 0.2) is 22.6 Å². The summed E-state index contributed by atoms with van der Waals surface area (Å²) in [6.45, 7) is 7.50. The third kappa shape index (κ3) is 8.55. The van der Waals surface area contributed by atoms with Gasteiger partial charge >= 0.3 is 0 Å². The van der Waals surface area contributed by atoms with Crippen molar-refractivity contribution in [3.05, 3.63) is 72.6 Å². The van der Waals surface area contributed by atoms with Crippen molar-refractivity contribution in [3.63, 3.8) is 0 Å². The lowest BCUT2D eigenvalue weighted by Gasteiger charge is -2.26. The third-order valence-electron chi connectivity index (χ3n) is 4.05. The second-order valence-electron chi connectivity index (χ2n) is 6.29. The minimum atomic E-state index is -0.836. The lowest BCUT2D eigenvalue weighted by Crippen LogP contribution is -2.28. The molecule has 0 saturated carbocycles. The van der Waals surface area contributed by atoms with Crippen LogP contribution in [-0.2, 0) is 4.87 Å². The summed E-state index contributed by atoms with van der Waals surface area (Å²) in [7, 11) is 0. The molecule has 0 aliphatic carbocycles. The molecule has 0 fully saturated rings. The van der Waals surface area contributed by atoms with Gasteiger partial charge < -0.3 is 0 Å². The predicted molar refractivity (Wildman–Crippen MR) is 127 cm³/mol. The molecular formula is C22H29ClF2N6S. The Balaban J connectivity index is 0.000000639. The van der Waals surface area contributed by atoms with Gasteiger partial charge in [0.1, 0.15) is 10.7 Å². The Morgan fingerprint density at radius 2 is 1.44 bits per heavy atom. The molecule has 32 heavy (non-hydrogen) atoms. The second kappa shape index (κ2) is 13.8. The Hall–Kier alpha value is -2.52. The van der Waals surface area contributed by atoms with E-state index in [1.807, 2.05) is 26.8 Å². The van der Waals surface area contributed by atoms with E-state index >= 15 is 0 Å². The van der Waals surface area contributed by atoms with Crippen molar-refractivity contribution in [2.45, 2.75) is 57.8 Å². The summed E-state index contributed by atoms with van der Waals surface area (Å²) in [5.74, 6) is 0.0703. The highest BCUT2D eigenvalue weighted by Gasteiger charge is 2.35. The Morgan fingerprint density at radius 3 is 1.91 bits per heavy atom. The van der Waals surface area contributed by atoms with Gasteiger partial charge in [-0.2, -0.15) is 0 Å². The number of alkyl halides is 1. The summed E-state index contributed by atoms with van der Waals surface area (Å²) in [6, 6.07) is 1.75. The lowest BCUT2D eigenvalue weighted by atomic mass is 10.1. The van der Waals surface area contributed by atoms with Gasteiger partial charge in [-0.25, -0.2) is 38.7 Å². The van der Waals surface area contributed by atoms with Crippen molar-refractivity contribution in [2.24, 2.45) is 0 Å². The number of hydrogen-bond donors (Lipinski definition) is 0. The fourth-order valence-corrected chi connectivity index (χ4v) is 3.12. The van der Waals surface area contributed by atoms with Crippen LogP contribution in [0.2, 0.25) is 0 Å². The molecule has 6 nitrogen and oxygen atoms in total. The van der Waals surface area contributed by atoms with Crippen LogP contribution in [0.5, 0.6) is 0 Å². The van der Waals surface area contributed by atoms with E-state index in [0.717, 1.165) is 30.4 Å². The van der Waals surface area contributed by atoms with E-state index in [9.17, 15) is 8.78 Å². The largest absolute Gasteiger partial charge is 0.236 e. The van der Waals surface area contributed by atoms with Crippen molar-refractivity contribution in [3.8, 4) is 0 Å².